The molecule has 0 saturated carbocycles. The van der Waals surface area contributed by atoms with E-state index in [-0.39, 0.29) is 5.30 Å². The van der Waals surface area contributed by atoms with Gasteiger partial charge in [-0.05, 0) is 24.1 Å². The lowest BCUT2D eigenvalue weighted by Crippen LogP contribution is -2.08. The topological polar surface area (TPSA) is 66.8 Å². The average Bonchev–Trinajstić information content (AvgIpc) is 2.14. The molecular weight excluding hydrogens is 215 g/mol. The zero-order valence-electron chi connectivity index (χ0n) is 8.75. The van der Waals surface area contributed by atoms with E-state index in [9.17, 15) is 4.57 Å². The molecule has 2 N–H and O–H groups in total. The highest BCUT2D eigenvalue weighted by Gasteiger charge is 2.17. The normalized spacial score (nSPS) is 11.8. The van der Waals surface area contributed by atoms with Gasteiger partial charge in [0.1, 0.15) is 5.75 Å². The smallest absolute Gasteiger partial charge is 0.356 e. The maximum atomic E-state index is 11.0. The Morgan fingerprint density at radius 3 is 2.60 bits per heavy atom. The zero-order chi connectivity index (χ0) is 11.5. The van der Waals surface area contributed by atoms with Crippen LogP contribution in [0.1, 0.15) is 13.8 Å². The molecule has 84 valence electrons. The SMILES string of the molecule is CC(C)COc1cccc(P(=O)(O)O)c1. The van der Waals surface area contributed by atoms with Crippen LogP contribution in [0.4, 0.5) is 0 Å². The van der Waals surface area contributed by atoms with Gasteiger partial charge < -0.3 is 14.5 Å². The fourth-order valence-electron chi connectivity index (χ4n) is 1.02. The summed E-state index contributed by atoms with van der Waals surface area (Å²) in [5.74, 6) is 0.869. The van der Waals surface area contributed by atoms with Gasteiger partial charge in [0.15, 0.2) is 0 Å². The second kappa shape index (κ2) is 4.79. The molecule has 0 atom stereocenters. The Balaban J connectivity index is 2.79. The molecule has 0 saturated heterocycles. The maximum Gasteiger partial charge on any atom is 0.356 e. The molecule has 0 aliphatic carbocycles. The molecule has 0 aliphatic heterocycles. The van der Waals surface area contributed by atoms with Crippen LogP contribution in [0.2, 0.25) is 0 Å². The van der Waals surface area contributed by atoms with Crippen molar-refractivity contribution in [3.05, 3.63) is 24.3 Å². The van der Waals surface area contributed by atoms with Crippen LogP contribution in [-0.4, -0.2) is 16.4 Å². The Morgan fingerprint density at radius 1 is 1.40 bits per heavy atom. The van der Waals surface area contributed by atoms with Gasteiger partial charge in [-0.15, -0.1) is 0 Å². The van der Waals surface area contributed by atoms with Crippen molar-refractivity contribution in [2.24, 2.45) is 5.92 Å². The van der Waals surface area contributed by atoms with Crippen molar-refractivity contribution in [2.75, 3.05) is 6.61 Å². The van der Waals surface area contributed by atoms with E-state index >= 15 is 0 Å². The van der Waals surface area contributed by atoms with E-state index in [1.54, 1.807) is 12.1 Å². The monoisotopic (exact) mass is 230 g/mol. The van der Waals surface area contributed by atoms with Crippen molar-refractivity contribution in [1.82, 2.24) is 0 Å². The standard InChI is InChI=1S/C10H15O4P/c1-8(2)7-14-9-4-3-5-10(6-9)15(11,12)13/h3-6,8H,7H2,1-2H3,(H2,11,12,13). The summed E-state index contributed by atoms with van der Waals surface area (Å²) >= 11 is 0. The summed E-state index contributed by atoms with van der Waals surface area (Å²) in [5, 5.41) is -0.0104. The molecule has 0 fully saturated rings. The van der Waals surface area contributed by atoms with Crippen molar-refractivity contribution in [3.63, 3.8) is 0 Å². The largest absolute Gasteiger partial charge is 0.493 e. The van der Waals surface area contributed by atoms with Gasteiger partial charge in [-0.25, -0.2) is 0 Å². The zero-order valence-corrected chi connectivity index (χ0v) is 9.65. The van der Waals surface area contributed by atoms with Crippen molar-refractivity contribution in [3.8, 4) is 5.75 Å². The predicted molar refractivity (Wildman–Crippen MR) is 58.5 cm³/mol. The summed E-state index contributed by atoms with van der Waals surface area (Å²) in [6, 6.07) is 6.03. The summed E-state index contributed by atoms with van der Waals surface area (Å²) in [5.41, 5.74) is 0. The molecule has 5 heteroatoms. The van der Waals surface area contributed by atoms with Crippen molar-refractivity contribution >= 4 is 12.9 Å². The van der Waals surface area contributed by atoms with Crippen LogP contribution in [0.3, 0.4) is 0 Å². The van der Waals surface area contributed by atoms with Crippen molar-refractivity contribution in [1.29, 1.82) is 0 Å². The third kappa shape index (κ3) is 4.04. The molecular formula is C10H15O4P. The van der Waals surface area contributed by atoms with E-state index < -0.39 is 7.60 Å². The molecule has 0 amide bonds. The van der Waals surface area contributed by atoms with Crippen LogP contribution < -0.4 is 10.0 Å². The van der Waals surface area contributed by atoms with E-state index in [4.69, 9.17) is 14.5 Å². The molecule has 1 rings (SSSR count). The number of ether oxygens (including phenoxy) is 1. The van der Waals surface area contributed by atoms with Gasteiger partial charge >= 0.3 is 7.60 Å². The van der Waals surface area contributed by atoms with E-state index in [2.05, 4.69) is 0 Å². The second-order valence-corrected chi connectivity index (χ2v) is 5.35. The van der Waals surface area contributed by atoms with Crippen LogP contribution in [0.15, 0.2) is 24.3 Å². The van der Waals surface area contributed by atoms with Crippen LogP contribution in [0, 0.1) is 5.92 Å². The van der Waals surface area contributed by atoms with Crippen molar-refractivity contribution < 1.29 is 19.1 Å². The van der Waals surface area contributed by atoms with Crippen LogP contribution in [0.5, 0.6) is 5.75 Å². The number of hydrogen-bond donors (Lipinski definition) is 2. The summed E-state index contributed by atoms with van der Waals surface area (Å²) in [6.45, 7) is 4.55. The Morgan fingerprint density at radius 2 is 2.07 bits per heavy atom. The second-order valence-electron chi connectivity index (χ2n) is 3.75. The van der Waals surface area contributed by atoms with Gasteiger partial charge in [-0.3, -0.25) is 4.57 Å². The van der Waals surface area contributed by atoms with E-state index in [0.717, 1.165) is 0 Å². The summed E-state index contributed by atoms with van der Waals surface area (Å²) in [7, 11) is -4.17. The van der Waals surface area contributed by atoms with E-state index in [1.165, 1.54) is 12.1 Å². The minimum atomic E-state index is -4.17. The summed E-state index contributed by atoms with van der Waals surface area (Å²) in [6.07, 6.45) is 0. The van der Waals surface area contributed by atoms with Gasteiger partial charge in [0.25, 0.3) is 0 Å². The first-order chi connectivity index (χ1) is 6.89. The molecule has 0 spiro atoms. The fourth-order valence-corrected chi connectivity index (χ4v) is 1.59. The quantitative estimate of drug-likeness (QED) is 0.769. The highest BCUT2D eigenvalue weighted by molar-refractivity contribution is 7.60. The van der Waals surface area contributed by atoms with Crippen molar-refractivity contribution in [2.45, 2.75) is 13.8 Å². The Kier molecular flexibility index (Phi) is 3.91. The highest BCUT2D eigenvalue weighted by Crippen LogP contribution is 2.34. The van der Waals surface area contributed by atoms with Crippen LogP contribution in [-0.2, 0) is 4.57 Å². The Hall–Kier alpha value is -0.830. The molecule has 0 radical (unpaired) electrons. The molecule has 15 heavy (non-hydrogen) atoms. The third-order valence-corrected chi connectivity index (χ3v) is 2.69. The van der Waals surface area contributed by atoms with Gasteiger partial charge in [-0.2, -0.15) is 0 Å². The number of hydrogen-bond acceptors (Lipinski definition) is 2. The fraction of sp³-hybridized carbons (Fsp3) is 0.400. The molecule has 0 heterocycles. The Labute approximate surface area is 89.1 Å². The lowest BCUT2D eigenvalue weighted by molar-refractivity contribution is 0.271. The molecule has 1 aromatic carbocycles. The lowest BCUT2D eigenvalue weighted by atomic mass is 10.2. The molecule has 0 unspecified atom stereocenters. The number of rotatable bonds is 4. The maximum absolute atomic E-state index is 11.0. The molecule has 4 nitrogen and oxygen atoms in total. The first-order valence-electron chi connectivity index (χ1n) is 4.68. The molecule has 0 aromatic heterocycles. The van der Waals surface area contributed by atoms with E-state index in [0.29, 0.717) is 18.3 Å². The van der Waals surface area contributed by atoms with Crippen LogP contribution >= 0.6 is 7.60 Å². The molecule has 0 aliphatic rings. The third-order valence-electron chi connectivity index (χ3n) is 1.74. The molecule has 1 aromatic rings. The van der Waals surface area contributed by atoms with E-state index in [1.807, 2.05) is 13.8 Å². The van der Waals surface area contributed by atoms with Gasteiger partial charge in [0, 0.05) is 0 Å². The molecule has 0 bridgehead atoms. The first kappa shape index (κ1) is 12.2. The minimum absolute atomic E-state index is 0.0104. The predicted octanol–water partition coefficient (Wildman–Crippen LogP) is 1.52. The lowest BCUT2D eigenvalue weighted by Gasteiger charge is -2.10. The highest BCUT2D eigenvalue weighted by atomic mass is 31.2. The minimum Gasteiger partial charge on any atom is -0.493 e. The first-order valence-corrected chi connectivity index (χ1v) is 6.30. The summed E-state index contributed by atoms with van der Waals surface area (Å²) in [4.78, 5) is 17.9. The Bertz CT molecular complexity index is 369. The van der Waals surface area contributed by atoms with Crippen LogP contribution in [0.25, 0.3) is 0 Å². The summed E-state index contributed by atoms with van der Waals surface area (Å²) < 4.78 is 16.3. The van der Waals surface area contributed by atoms with Gasteiger partial charge in [-0.1, -0.05) is 19.9 Å². The average molecular weight is 230 g/mol. The number of benzene rings is 1. The van der Waals surface area contributed by atoms with Gasteiger partial charge in [0.2, 0.25) is 0 Å². The van der Waals surface area contributed by atoms with Gasteiger partial charge in [0.05, 0.1) is 11.9 Å².